The Morgan fingerprint density at radius 1 is 0.368 bits per heavy atom. The Hall–Kier alpha value is -7.20. The third-order valence-corrected chi connectivity index (χ3v) is 13.3. The molecule has 0 aliphatic carbocycles. The summed E-state index contributed by atoms with van der Waals surface area (Å²) < 4.78 is 15.7. The van der Waals surface area contributed by atoms with Crippen LogP contribution in [0.15, 0.2) is 191 Å². The van der Waals surface area contributed by atoms with Crippen LogP contribution in [0.3, 0.4) is 0 Å². The summed E-state index contributed by atoms with van der Waals surface area (Å²) in [5.41, 5.74) is 9.84. The molecule has 2 nitrogen and oxygen atoms in total. The first kappa shape index (κ1) is 31.1. The van der Waals surface area contributed by atoms with Gasteiger partial charge in [-0.1, -0.05) is 146 Å². The summed E-state index contributed by atoms with van der Waals surface area (Å²) in [5.74, 6) is 0. The second-order valence-corrected chi connectivity index (χ2v) is 16.2. The number of para-hydroxylation sites is 1. The molecule has 57 heavy (non-hydrogen) atoms. The molecule has 0 saturated heterocycles. The van der Waals surface area contributed by atoms with E-state index in [1.54, 1.807) is 0 Å². The van der Waals surface area contributed by atoms with E-state index in [1.807, 2.05) is 17.6 Å². The second-order valence-electron chi connectivity index (χ2n) is 15.1. The van der Waals surface area contributed by atoms with Gasteiger partial charge < -0.3 is 8.83 Å². The number of hydrogen-bond acceptors (Lipinski definition) is 3. The highest BCUT2D eigenvalue weighted by molar-refractivity contribution is 7.26. The highest BCUT2D eigenvalue weighted by Gasteiger charge is 2.23. The van der Waals surface area contributed by atoms with Gasteiger partial charge in [0, 0.05) is 48.3 Å². The molecule has 0 amide bonds. The number of hydrogen-bond donors (Lipinski definition) is 0. The van der Waals surface area contributed by atoms with Gasteiger partial charge in [-0.15, -0.1) is 11.3 Å². The minimum atomic E-state index is 0.906. The van der Waals surface area contributed by atoms with E-state index in [-0.39, 0.29) is 0 Å². The zero-order valence-electron chi connectivity index (χ0n) is 30.5. The highest BCUT2D eigenvalue weighted by Crippen LogP contribution is 2.49. The van der Waals surface area contributed by atoms with E-state index < -0.39 is 0 Å². The summed E-state index contributed by atoms with van der Waals surface area (Å²) in [4.78, 5) is 0. The molecular weight excluding hydrogens is 713 g/mol. The lowest BCUT2D eigenvalue weighted by Crippen LogP contribution is -1.91. The van der Waals surface area contributed by atoms with E-state index in [0.717, 1.165) is 38.6 Å². The smallest absolute Gasteiger partial charge is 0.152 e. The van der Waals surface area contributed by atoms with Crippen LogP contribution in [0.25, 0.3) is 130 Å². The predicted octanol–water partition coefficient (Wildman–Crippen LogP) is 16.3. The van der Waals surface area contributed by atoms with Gasteiger partial charge in [0.2, 0.25) is 0 Å². The van der Waals surface area contributed by atoms with Gasteiger partial charge in [-0.25, -0.2) is 0 Å². The lowest BCUT2D eigenvalue weighted by molar-refractivity contribution is 0.621. The molecule has 0 unspecified atom stereocenters. The summed E-state index contributed by atoms with van der Waals surface area (Å²) >= 11 is 1.82. The first-order valence-corrected chi connectivity index (χ1v) is 20.2. The van der Waals surface area contributed by atoms with Crippen molar-refractivity contribution in [2.75, 3.05) is 0 Å². The zero-order chi connectivity index (χ0) is 37.2. The first-order chi connectivity index (χ1) is 28.3. The SMILES string of the molecule is c1ccc2cc(-c3coc4c3ccc3c5ccc(-c6c7ccccc7c(-c7cc8ccccc8c8c7oc7ccccc78)c7ccccc67)cc5sc34)ccc2c1. The fraction of sp³-hybridized carbons (Fsp3) is 0. The van der Waals surface area contributed by atoms with E-state index in [9.17, 15) is 0 Å². The van der Waals surface area contributed by atoms with E-state index in [4.69, 9.17) is 8.83 Å². The number of benzene rings is 10. The van der Waals surface area contributed by atoms with Crippen LogP contribution in [-0.4, -0.2) is 0 Å². The largest absolute Gasteiger partial charge is 0.462 e. The van der Waals surface area contributed by atoms with Crippen LogP contribution in [0.4, 0.5) is 0 Å². The van der Waals surface area contributed by atoms with Gasteiger partial charge in [-0.05, 0) is 90.1 Å². The Bertz CT molecular complexity index is 3760. The molecule has 13 aromatic rings. The average Bonchev–Trinajstić information content (AvgIpc) is 3.99. The second kappa shape index (κ2) is 11.7. The van der Waals surface area contributed by atoms with Crippen molar-refractivity contribution in [3.63, 3.8) is 0 Å². The molecule has 3 heteroatoms. The van der Waals surface area contributed by atoms with Crippen LogP contribution in [0.2, 0.25) is 0 Å². The summed E-state index contributed by atoms with van der Waals surface area (Å²) in [6, 6.07) is 63.9. The van der Waals surface area contributed by atoms with Crippen LogP contribution in [0.1, 0.15) is 0 Å². The molecule has 0 radical (unpaired) electrons. The molecule has 0 spiro atoms. The van der Waals surface area contributed by atoms with Gasteiger partial charge in [0.1, 0.15) is 11.2 Å². The molecule has 0 fully saturated rings. The van der Waals surface area contributed by atoms with Crippen molar-refractivity contribution in [2.45, 2.75) is 0 Å². The normalized spacial score (nSPS) is 12.2. The summed E-state index contributed by atoms with van der Waals surface area (Å²) in [7, 11) is 0. The van der Waals surface area contributed by atoms with Crippen molar-refractivity contribution in [1.29, 1.82) is 0 Å². The minimum absolute atomic E-state index is 0.906. The van der Waals surface area contributed by atoms with Gasteiger partial charge in [-0.3, -0.25) is 0 Å². The van der Waals surface area contributed by atoms with Crippen LogP contribution in [0, 0.1) is 0 Å². The number of furan rings is 2. The topological polar surface area (TPSA) is 26.3 Å². The van der Waals surface area contributed by atoms with Crippen molar-refractivity contribution >= 4 is 108 Å². The lowest BCUT2D eigenvalue weighted by Gasteiger charge is -2.18. The molecule has 264 valence electrons. The standard InChI is InChI=1S/C54H30O2S/c1-2-12-32-27-34(22-21-31(32)11-1)46-30-55-53-42(46)25-26-43-37-24-23-35(29-48(37)57-54(43)53)49-38-15-5-7-17-40(38)50(41-18-8-6-16-39(41)49)45-28-33-13-3-4-14-36(33)51-44-19-9-10-20-47(44)56-52(45)51/h1-30H. The maximum absolute atomic E-state index is 6.80. The maximum atomic E-state index is 6.80. The third kappa shape index (κ3) is 4.40. The van der Waals surface area contributed by atoms with Crippen LogP contribution in [-0.2, 0) is 0 Å². The van der Waals surface area contributed by atoms with Gasteiger partial charge in [0.05, 0.1) is 11.0 Å². The van der Waals surface area contributed by atoms with Gasteiger partial charge in [-0.2, -0.15) is 0 Å². The Morgan fingerprint density at radius 2 is 0.982 bits per heavy atom. The number of thiophene rings is 1. The van der Waals surface area contributed by atoms with Gasteiger partial charge in [0.15, 0.2) is 5.58 Å². The molecule has 3 aromatic heterocycles. The van der Waals surface area contributed by atoms with Crippen molar-refractivity contribution in [3.05, 3.63) is 182 Å². The number of rotatable bonds is 3. The van der Waals surface area contributed by atoms with E-state index in [1.165, 1.54) is 90.9 Å². The summed E-state index contributed by atoms with van der Waals surface area (Å²) in [5, 5.41) is 15.7. The van der Waals surface area contributed by atoms with E-state index >= 15 is 0 Å². The van der Waals surface area contributed by atoms with Crippen molar-refractivity contribution in [2.24, 2.45) is 0 Å². The highest BCUT2D eigenvalue weighted by atomic mass is 32.1. The van der Waals surface area contributed by atoms with Crippen molar-refractivity contribution in [3.8, 4) is 33.4 Å². The fourth-order valence-corrected chi connectivity index (χ4v) is 10.8. The molecule has 0 atom stereocenters. The van der Waals surface area contributed by atoms with Gasteiger partial charge >= 0.3 is 0 Å². The lowest BCUT2D eigenvalue weighted by atomic mass is 9.85. The van der Waals surface area contributed by atoms with Gasteiger partial charge in [0.25, 0.3) is 0 Å². The molecule has 0 bridgehead atoms. The fourth-order valence-electron chi connectivity index (χ4n) is 9.55. The molecule has 10 aromatic carbocycles. The molecule has 0 saturated carbocycles. The Kier molecular flexibility index (Phi) is 6.35. The molecule has 13 rings (SSSR count). The Balaban J connectivity index is 1.04. The Morgan fingerprint density at radius 3 is 1.77 bits per heavy atom. The quantitative estimate of drug-likeness (QED) is 0.169. The monoisotopic (exact) mass is 742 g/mol. The molecule has 0 N–H and O–H groups in total. The van der Waals surface area contributed by atoms with Crippen LogP contribution < -0.4 is 0 Å². The zero-order valence-corrected chi connectivity index (χ0v) is 31.4. The van der Waals surface area contributed by atoms with E-state index in [0.29, 0.717) is 0 Å². The van der Waals surface area contributed by atoms with Crippen LogP contribution in [0.5, 0.6) is 0 Å². The van der Waals surface area contributed by atoms with E-state index in [2.05, 4.69) is 176 Å². The molecule has 0 aliphatic heterocycles. The summed E-state index contributed by atoms with van der Waals surface area (Å²) in [6.07, 6.45) is 1.93. The third-order valence-electron chi connectivity index (χ3n) is 12.1. The summed E-state index contributed by atoms with van der Waals surface area (Å²) in [6.45, 7) is 0. The molecule has 3 heterocycles. The first-order valence-electron chi connectivity index (χ1n) is 19.4. The molecular formula is C54H30O2S. The predicted molar refractivity (Wildman–Crippen MR) is 243 cm³/mol. The molecule has 0 aliphatic rings. The van der Waals surface area contributed by atoms with Crippen LogP contribution >= 0.6 is 11.3 Å². The van der Waals surface area contributed by atoms with Crippen molar-refractivity contribution in [1.82, 2.24) is 0 Å². The average molecular weight is 743 g/mol. The number of fused-ring (bicyclic) bond motifs is 13. The minimum Gasteiger partial charge on any atom is -0.462 e. The van der Waals surface area contributed by atoms with Crippen molar-refractivity contribution < 1.29 is 8.83 Å². The Labute approximate surface area is 330 Å². The maximum Gasteiger partial charge on any atom is 0.152 e.